The molecular formula is C24H34N6O4. The maximum Gasteiger partial charge on any atom is 0.320 e. The van der Waals surface area contributed by atoms with Gasteiger partial charge in [-0.15, -0.1) is 0 Å². The number of nitrogens with two attached hydrogens (primary N) is 1. The van der Waals surface area contributed by atoms with Crippen LogP contribution in [-0.4, -0.2) is 50.9 Å². The normalized spacial score (nSPS) is 12.1. The number of nitrogens with zero attached hydrogens (tertiary/aromatic N) is 4. The van der Waals surface area contributed by atoms with Gasteiger partial charge in [0, 0.05) is 13.1 Å². The third-order valence-corrected chi connectivity index (χ3v) is 5.61. The van der Waals surface area contributed by atoms with Gasteiger partial charge in [-0.3, -0.25) is 9.36 Å². The second-order valence-electron chi connectivity index (χ2n) is 8.20. The number of unbranched alkanes of at least 4 members (excludes halogenated alkanes) is 2. The Bertz CT molecular complexity index is 1100. The summed E-state index contributed by atoms with van der Waals surface area (Å²) in [7, 11) is 1.57. The van der Waals surface area contributed by atoms with Crippen molar-refractivity contribution in [3.63, 3.8) is 0 Å². The molecule has 0 amide bonds. The van der Waals surface area contributed by atoms with Crippen LogP contribution in [0.2, 0.25) is 0 Å². The fraction of sp³-hybridized carbons (Fsp3) is 0.500. The Labute approximate surface area is 199 Å². The number of carbonyl (C=O) groups is 1. The number of fused-ring (bicyclic) bond motifs is 1. The van der Waals surface area contributed by atoms with Crippen molar-refractivity contribution < 1.29 is 19.4 Å². The minimum absolute atomic E-state index is 0.253. The molecule has 3 rings (SSSR count). The van der Waals surface area contributed by atoms with E-state index in [1.165, 1.54) is 0 Å². The highest BCUT2D eigenvalue weighted by Crippen LogP contribution is 2.26. The third kappa shape index (κ3) is 6.34. The predicted molar refractivity (Wildman–Crippen MR) is 130 cm³/mol. The fourth-order valence-corrected chi connectivity index (χ4v) is 3.58. The minimum Gasteiger partial charge on any atom is -0.481 e. The Morgan fingerprint density at radius 3 is 2.79 bits per heavy atom. The Morgan fingerprint density at radius 2 is 2.06 bits per heavy atom. The molecule has 0 saturated heterocycles. The van der Waals surface area contributed by atoms with Crippen LogP contribution >= 0.6 is 0 Å². The average molecular weight is 471 g/mol. The number of carboxylic acids is 1. The van der Waals surface area contributed by atoms with Crippen LogP contribution in [0.25, 0.3) is 11.2 Å². The SMILES string of the molecule is CCCCOc1nc(N)c2nc(OC)n(CCCCNCc3cccc(C(C)C(=O)O)c3)c2n1. The van der Waals surface area contributed by atoms with Crippen molar-refractivity contribution >= 4 is 23.0 Å². The molecule has 0 aliphatic heterocycles. The van der Waals surface area contributed by atoms with Gasteiger partial charge in [0.05, 0.1) is 19.6 Å². The molecule has 1 unspecified atom stereocenters. The van der Waals surface area contributed by atoms with E-state index in [4.69, 9.17) is 15.2 Å². The summed E-state index contributed by atoms with van der Waals surface area (Å²) < 4.78 is 13.0. The lowest BCUT2D eigenvalue weighted by atomic mass is 9.99. The zero-order valence-electron chi connectivity index (χ0n) is 20.1. The molecule has 0 bridgehead atoms. The van der Waals surface area contributed by atoms with Gasteiger partial charge in [-0.1, -0.05) is 37.6 Å². The second-order valence-corrected chi connectivity index (χ2v) is 8.20. The van der Waals surface area contributed by atoms with Gasteiger partial charge in [0.2, 0.25) is 0 Å². The number of hydrogen-bond acceptors (Lipinski definition) is 8. The molecule has 10 heteroatoms. The molecule has 4 N–H and O–H groups in total. The van der Waals surface area contributed by atoms with Crippen LogP contribution < -0.4 is 20.5 Å². The molecule has 1 atom stereocenters. The highest BCUT2D eigenvalue weighted by molar-refractivity contribution is 5.83. The first kappa shape index (κ1) is 25.2. The lowest BCUT2D eigenvalue weighted by molar-refractivity contribution is -0.138. The number of ether oxygens (including phenoxy) is 2. The summed E-state index contributed by atoms with van der Waals surface area (Å²) in [6.07, 6.45) is 3.74. The molecule has 0 aliphatic rings. The van der Waals surface area contributed by atoms with Crippen molar-refractivity contribution in [3.05, 3.63) is 35.4 Å². The molecule has 0 aliphatic carbocycles. The summed E-state index contributed by atoms with van der Waals surface area (Å²) in [6.45, 7) is 6.49. The number of nitrogens with one attached hydrogen (secondary N) is 1. The number of anilines is 1. The number of carboxylic acid groups (broad SMARTS) is 1. The summed E-state index contributed by atoms with van der Waals surface area (Å²) in [6, 6.07) is 8.39. The van der Waals surface area contributed by atoms with Crippen molar-refractivity contribution in [3.8, 4) is 12.0 Å². The highest BCUT2D eigenvalue weighted by Gasteiger charge is 2.18. The Balaban J connectivity index is 1.55. The highest BCUT2D eigenvalue weighted by atomic mass is 16.5. The van der Waals surface area contributed by atoms with Crippen LogP contribution in [0, 0.1) is 0 Å². The Kier molecular flexibility index (Phi) is 9.03. The smallest absolute Gasteiger partial charge is 0.320 e. The van der Waals surface area contributed by atoms with Crippen LogP contribution in [0.1, 0.15) is 56.6 Å². The minimum atomic E-state index is -0.820. The number of benzene rings is 1. The number of aryl methyl sites for hydroxylation is 1. The molecule has 1 aromatic carbocycles. The summed E-state index contributed by atoms with van der Waals surface area (Å²) in [5.74, 6) is -1.07. The van der Waals surface area contributed by atoms with E-state index < -0.39 is 11.9 Å². The maximum absolute atomic E-state index is 11.2. The largest absolute Gasteiger partial charge is 0.481 e. The van der Waals surface area contributed by atoms with Crippen LogP contribution in [0.15, 0.2) is 24.3 Å². The number of imidazole rings is 1. The summed E-state index contributed by atoms with van der Waals surface area (Å²) >= 11 is 0. The summed E-state index contributed by atoms with van der Waals surface area (Å²) in [5.41, 5.74) is 9.08. The van der Waals surface area contributed by atoms with E-state index in [0.717, 1.165) is 43.4 Å². The molecule has 10 nitrogen and oxygen atoms in total. The van der Waals surface area contributed by atoms with Gasteiger partial charge in [-0.25, -0.2) is 0 Å². The molecule has 3 aromatic rings. The zero-order valence-corrected chi connectivity index (χ0v) is 20.1. The lowest BCUT2D eigenvalue weighted by Gasteiger charge is -2.11. The number of hydrogen-bond donors (Lipinski definition) is 3. The first-order valence-corrected chi connectivity index (χ1v) is 11.7. The molecule has 0 fully saturated rings. The van der Waals surface area contributed by atoms with E-state index in [2.05, 4.69) is 27.2 Å². The van der Waals surface area contributed by atoms with E-state index in [9.17, 15) is 9.90 Å². The second kappa shape index (κ2) is 12.2. The Hall–Kier alpha value is -3.40. The monoisotopic (exact) mass is 470 g/mol. The lowest BCUT2D eigenvalue weighted by Crippen LogP contribution is -2.16. The van der Waals surface area contributed by atoms with Crippen molar-refractivity contribution in [2.45, 2.75) is 58.5 Å². The van der Waals surface area contributed by atoms with Crippen LogP contribution in [0.4, 0.5) is 5.82 Å². The van der Waals surface area contributed by atoms with Gasteiger partial charge in [0.25, 0.3) is 6.01 Å². The van der Waals surface area contributed by atoms with Gasteiger partial charge in [0.15, 0.2) is 17.0 Å². The molecule has 0 spiro atoms. The first-order chi connectivity index (χ1) is 16.4. The molecule has 2 aromatic heterocycles. The molecule has 184 valence electrons. The zero-order chi connectivity index (χ0) is 24.5. The fourth-order valence-electron chi connectivity index (χ4n) is 3.58. The van der Waals surface area contributed by atoms with E-state index in [-0.39, 0.29) is 11.8 Å². The molecule has 0 radical (unpaired) electrons. The van der Waals surface area contributed by atoms with E-state index in [0.29, 0.717) is 36.9 Å². The third-order valence-electron chi connectivity index (χ3n) is 5.61. The van der Waals surface area contributed by atoms with Crippen molar-refractivity contribution in [1.29, 1.82) is 0 Å². The quantitative estimate of drug-likeness (QED) is 0.303. The van der Waals surface area contributed by atoms with Crippen molar-refractivity contribution in [1.82, 2.24) is 24.8 Å². The Morgan fingerprint density at radius 1 is 1.24 bits per heavy atom. The number of rotatable bonds is 14. The predicted octanol–water partition coefficient (Wildman–Crippen LogP) is 3.35. The van der Waals surface area contributed by atoms with Gasteiger partial charge >= 0.3 is 12.0 Å². The standard InChI is InChI=1S/C24H34N6O4/c1-4-5-13-34-23-28-20(25)19-21(29-23)30(24(27-19)33-3)12-7-6-11-26-15-17-9-8-10-18(14-17)16(2)22(31)32/h8-10,14,16,26H,4-7,11-13,15H2,1-3H3,(H,31,32)(H2,25,28,29). The number of nitrogen functional groups attached to an aromatic ring is 1. The number of aromatic nitrogens is 4. The van der Waals surface area contributed by atoms with Gasteiger partial charge in [0.1, 0.15) is 0 Å². The van der Waals surface area contributed by atoms with E-state index in [1.54, 1.807) is 14.0 Å². The van der Waals surface area contributed by atoms with Gasteiger partial charge in [-0.2, -0.15) is 15.0 Å². The first-order valence-electron chi connectivity index (χ1n) is 11.7. The van der Waals surface area contributed by atoms with Crippen LogP contribution in [0.3, 0.4) is 0 Å². The topological polar surface area (TPSA) is 137 Å². The van der Waals surface area contributed by atoms with Gasteiger partial charge in [-0.05, 0) is 43.9 Å². The number of aliphatic carboxylic acids is 1. The van der Waals surface area contributed by atoms with E-state index >= 15 is 0 Å². The van der Waals surface area contributed by atoms with Gasteiger partial charge < -0.3 is 25.6 Å². The average Bonchev–Trinajstić information content (AvgIpc) is 3.19. The molecule has 0 saturated carbocycles. The van der Waals surface area contributed by atoms with Crippen molar-refractivity contribution in [2.24, 2.45) is 0 Å². The summed E-state index contributed by atoms with van der Waals surface area (Å²) in [5, 5.41) is 12.6. The molecule has 2 heterocycles. The molecule has 34 heavy (non-hydrogen) atoms. The molecular weight excluding hydrogens is 436 g/mol. The van der Waals surface area contributed by atoms with Crippen molar-refractivity contribution in [2.75, 3.05) is 26.0 Å². The summed E-state index contributed by atoms with van der Waals surface area (Å²) in [4.78, 5) is 24.4. The van der Waals surface area contributed by atoms with Crippen LogP contribution in [0.5, 0.6) is 12.0 Å². The van der Waals surface area contributed by atoms with Crippen LogP contribution in [-0.2, 0) is 17.9 Å². The van der Waals surface area contributed by atoms with E-state index in [1.807, 2.05) is 28.8 Å². The maximum atomic E-state index is 11.2. The number of methoxy groups -OCH3 is 1.